The molecule has 0 saturated heterocycles. The Kier molecular flexibility index (Phi) is 21.8. The van der Waals surface area contributed by atoms with Crippen LogP contribution in [0.4, 0.5) is 11.4 Å². The summed E-state index contributed by atoms with van der Waals surface area (Å²) in [5.74, 6) is 3.50. The zero-order valence-corrected chi connectivity index (χ0v) is 32.1. The van der Waals surface area contributed by atoms with Crippen LogP contribution in [-0.4, -0.2) is 92.7 Å². The number of azo groups is 1. The molecule has 0 radical (unpaired) electrons. The van der Waals surface area contributed by atoms with Crippen molar-refractivity contribution in [2.75, 3.05) is 75.1 Å². The largest absolute Gasteiger partial charge is 0.511 e. The summed E-state index contributed by atoms with van der Waals surface area (Å²) in [6, 6.07) is 15.3. The Bertz CT molecular complexity index is 954. The van der Waals surface area contributed by atoms with Gasteiger partial charge >= 0.3 is 17.6 Å². The van der Waals surface area contributed by atoms with Crippen LogP contribution in [0.2, 0.25) is 0 Å². The molecule has 0 spiro atoms. The smallest absolute Gasteiger partial charge is 0.494 e. The molecule has 0 fully saturated rings. The van der Waals surface area contributed by atoms with Crippen LogP contribution in [0.3, 0.4) is 0 Å². The molecule has 0 amide bonds. The SMILES string of the molecule is CCO[Si](CSCCCOc1ccc(N=Nc2ccc(OCCCSC[Si](OCC)(OCC)OCC)cc2)cc1)(OCC)OCC. The van der Waals surface area contributed by atoms with E-state index in [1.807, 2.05) is 90.1 Å². The number of nitrogens with zero attached hydrogens (tertiary/aromatic N) is 2. The summed E-state index contributed by atoms with van der Waals surface area (Å²) in [5.41, 5.74) is 1.52. The maximum absolute atomic E-state index is 5.91. The second-order valence-corrected chi connectivity index (χ2v) is 18.1. The lowest BCUT2D eigenvalue weighted by molar-refractivity contribution is 0.0764. The molecule has 0 aliphatic carbocycles. The lowest BCUT2D eigenvalue weighted by Crippen LogP contribution is -2.49. The molecular formula is C32H54N2O8S2Si2. The van der Waals surface area contributed by atoms with Gasteiger partial charge in [-0.05, 0) is 114 Å². The molecule has 0 aliphatic heterocycles. The zero-order chi connectivity index (χ0) is 33.4. The highest BCUT2D eigenvalue weighted by Crippen LogP contribution is 2.24. The van der Waals surface area contributed by atoms with E-state index in [4.69, 9.17) is 36.0 Å². The van der Waals surface area contributed by atoms with E-state index in [-0.39, 0.29) is 0 Å². The van der Waals surface area contributed by atoms with E-state index in [0.29, 0.717) is 52.9 Å². The molecule has 0 N–H and O–H groups in total. The standard InChI is InChI=1S/C32H54N2O8S2Si2/c1-7-37-45(38-8-2,39-9-3)27-43-25-13-23-35-31-19-15-29(16-20-31)33-34-30-17-21-32(22-18-30)36-24-14-26-44-28-46(40-10-4,41-11-5)42-12-6/h15-22H,7-14,23-28H2,1-6H3. The topological polar surface area (TPSA) is 98.6 Å². The maximum atomic E-state index is 5.91. The van der Waals surface area contributed by atoms with Gasteiger partial charge in [0.1, 0.15) is 11.5 Å². The molecule has 0 aliphatic rings. The van der Waals surface area contributed by atoms with E-state index in [1.165, 1.54) is 0 Å². The highest BCUT2D eigenvalue weighted by molar-refractivity contribution is 8.00. The Balaban J connectivity index is 1.67. The molecule has 10 nitrogen and oxygen atoms in total. The minimum Gasteiger partial charge on any atom is -0.494 e. The number of rotatable bonds is 28. The average molecular weight is 715 g/mol. The summed E-state index contributed by atoms with van der Waals surface area (Å²) in [6.07, 6.45) is 1.83. The monoisotopic (exact) mass is 714 g/mol. The number of hydrogen-bond donors (Lipinski definition) is 0. The minimum atomic E-state index is -2.60. The van der Waals surface area contributed by atoms with Crippen molar-refractivity contribution in [1.82, 2.24) is 0 Å². The number of hydrogen-bond acceptors (Lipinski definition) is 12. The fraction of sp³-hybridized carbons (Fsp3) is 0.625. The van der Waals surface area contributed by atoms with E-state index in [0.717, 1.165) is 58.0 Å². The second kappa shape index (κ2) is 24.6. The molecule has 46 heavy (non-hydrogen) atoms. The number of benzene rings is 2. The Morgan fingerprint density at radius 2 is 0.783 bits per heavy atom. The molecule has 2 rings (SSSR count). The van der Waals surface area contributed by atoms with E-state index < -0.39 is 17.6 Å². The molecule has 14 heteroatoms. The van der Waals surface area contributed by atoms with Crippen molar-refractivity contribution < 1.29 is 36.0 Å². The Hall–Kier alpha value is -1.47. The predicted octanol–water partition coefficient (Wildman–Crippen LogP) is 8.28. The summed E-state index contributed by atoms with van der Waals surface area (Å²) in [5, 5.41) is 10.2. The molecular weight excluding hydrogens is 661 g/mol. The van der Waals surface area contributed by atoms with Gasteiger partial charge in [0.15, 0.2) is 0 Å². The highest BCUT2D eigenvalue weighted by atomic mass is 32.2. The van der Waals surface area contributed by atoms with Crippen LogP contribution < -0.4 is 9.47 Å². The average Bonchev–Trinajstić information content (AvgIpc) is 3.05. The highest BCUT2D eigenvalue weighted by Gasteiger charge is 2.41. The van der Waals surface area contributed by atoms with Crippen LogP contribution in [0, 0.1) is 0 Å². The molecule has 0 saturated carbocycles. The molecule has 2 aromatic rings. The third-order valence-corrected chi connectivity index (χ3v) is 16.1. The lowest BCUT2D eigenvalue weighted by atomic mass is 10.3. The molecule has 2 aromatic carbocycles. The summed E-state index contributed by atoms with van der Waals surface area (Å²) < 4.78 is 47.3. The Labute approximate surface area is 287 Å². The fourth-order valence-corrected chi connectivity index (χ4v) is 13.2. The predicted molar refractivity (Wildman–Crippen MR) is 193 cm³/mol. The number of ether oxygens (including phenoxy) is 2. The third-order valence-electron chi connectivity index (χ3n) is 6.10. The normalized spacial score (nSPS) is 12.2. The van der Waals surface area contributed by atoms with Gasteiger partial charge in [0, 0.05) is 39.6 Å². The van der Waals surface area contributed by atoms with Crippen LogP contribution in [0.25, 0.3) is 0 Å². The van der Waals surface area contributed by atoms with E-state index in [9.17, 15) is 0 Å². The van der Waals surface area contributed by atoms with Gasteiger partial charge in [-0.25, -0.2) is 0 Å². The van der Waals surface area contributed by atoms with Gasteiger partial charge < -0.3 is 36.0 Å². The summed E-state index contributed by atoms with van der Waals surface area (Å²) in [4.78, 5) is 0. The summed E-state index contributed by atoms with van der Waals surface area (Å²) >= 11 is 3.59. The molecule has 0 bridgehead atoms. The summed E-state index contributed by atoms with van der Waals surface area (Å²) in [7, 11) is -5.19. The van der Waals surface area contributed by atoms with Crippen molar-refractivity contribution in [3.63, 3.8) is 0 Å². The van der Waals surface area contributed by atoms with Gasteiger partial charge in [0.25, 0.3) is 0 Å². The molecule has 0 aromatic heterocycles. The first-order valence-electron chi connectivity index (χ1n) is 16.3. The van der Waals surface area contributed by atoms with Crippen LogP contribution in [0.5, 0.6) is 11.5 Å². The minimum absolute atomic E-state index is 0.594. The van der Waals surface area contributed by atoms with E-state index in [1.54, 1.807) is 23.5 Å². The van der Waals surface area contributed by atoms with Gasteiger partial charge in [0.05, 0.1) is 35.3 Å². The number of thioether (sulfide) groups is 2. The van der Waals surface area contributed by atoms with Crippen LogP contribution in [-0.2, 0) is 26.6 Å². The first kappa shape index (κ1) is 40.7. The van der Waals surface area contributed by atoms with Crippen LogP contribution >= 0.6 is 23.5 Å². The third kappa shape index (κ3) is 16.1. The molecule has 260 valence electrons. The fourth-order valence-electron chi connectivity index (χ4n) is 4.25. The molecule has 0 heterocycles. The van der Waals surface area contributed by atoms with Gasteiger partial charge in [-0.3, -0.25) is 0 Å². The van der Waals surface area contributed by atoms with Gasteiger partial charge in [-0.15, -0.1) is 0 Å². The van der Waals surface area contributed by atoms with E-state index >= 15 is 0 Å². The molecule has 0 atom stereocenters. The van der Waals surface area contributed by atoms with Gasteiger partial charge in [-0.1, -0.05) is 0 Å². The van der Waals surface area contributed by atoms with Crippen molar-refractivity contribution in [1.29, 1.82) is 0 Å². The van der Waals surface area contributed by atoms with Crippen molar-refractivity contribution in [3.8, 4) is 11.5 Å². The molecule has 0 unspecified atom stereocenters. The van der Waals surface area contributed by atoms with Crippen molar-refractivity contribution >= 4 is 52.5 Å². The van der Waals surface area contributed by atoms with E-state index in [2.05, 4.69) is 10.2 Å². The van der Waals surface area contributed by atoms with Crippen LogP contribution in [0.1, 0.15) is 54.4 Å². The summed E-state index contributed by atoms with van der Waals surface area (Å²) in [6.45, 7) is 16.7. The van der Waals surface area contributed by atoms with Gasteiger partial charge in [-0.2, -0.15) is 33.8 Å². The Morgan fingerprint density at radius 1 is 0.478 bits per heavy atom. The Morgan fingerprint density at radius 3 is 1.07 bits per heavy atom. The lowest BCUT2D eigenvalue weighted by Gasteiger charge is -2.28. The van der Waals surface area contributed by atoms with Gasteiger partial charge in [0.2, 0.25) is 0 Å². The van der Waals surface area contributed by atoms with Crippen LogP contribution in [0.15, 0.2) is 58.8 Å². The first-order valence-corrected chi connectivity index (χ1v) is 22.5. The first-order chi connectivity index (χ1) is 22.5. The quantitative estimate of drug-likeness (QED) is 0.0487. The zero-order valence-electron chi connectivity index (χ0n) is 28.5. The second-order valence-electron chi connectivity index (χ2n) is 9.66. The van der Waals surface area contributed by atoms with Crippen molar-refractivity contribution in [2.24, 2.45) is 10.2 Å². The maximum Gasteiger partial charge on any atom is 0.511 e. The van der Waals surface area contributed by atoms with Crippen molar-refractivity contribution in [3.05, 3.63) is 48.5 Å². The van der Waals surface area contributed by atoms with Crippen molar-refractivity contribution in [2.45, 2.75) is 54.4 Å².